The molecular weight excluding hydrogens is 546 g/mol. The average molecular weight is 581 g/mol. The number of ether oxygens (including phenoxy) is 2. The van der Waals surface area contributed by atoms with Crippen LogP contribution in [-0.2, 0) is 29.3 Å². The molecule has 2 saturated heterocycles. The van der Waals surface area contributed by atoms with Gasteiger partial charge in [-0.05, 0) is 67.4 Å². The van der Waals surface area contributed by atoms with Gasteiger partial charge in [-0.3, -0.25) is 0 Å². The lowest BCUT2D eigenvalue weighted by molar-refractivity contribution is -0.897. The molecule has 196 valence electrons. The van der Waals surface area contributed by atoms with Gasteiger partial charge in [-0.1, -0.05) is 39.7 Å². The van der Waals surface area contributed by atoms with Gasteiger partial charge < -0.3 is 34.5 Å². The summed E-state index contributed by atoms with van der Waals surface area (Å²) >= 11 is 9.63. The van der Waals surface area contributed by atoms with E-state index in [4.69, 9.17) is 21.1 Å². The highest BCUT2D eigenvalue weighted by Crippen LogP contribution is 2.27. The van der Waals surface area contributed by atoms with Gasteiger partial charge in [0.2, 0.25) is 0 Å². The van der Waals surface area contributed by atoms with Crippen molar-refractivity contribution >= 4 is 33.5 Å². The van der Waals surface area contributed by atoms with Crippen molar-refractivity contribution in [2.45, 2.75) is 44.7 Å². The number of carboxylic acids is 1. The molecule has 0 saturated carbocycles. The SMILES string of the molecule is C[N+]1(C)CC(OCc2cc(CNCC3CCNC3)cc(OCc3ccc(Cl)cc3Br)c2)CC1C(=O)[O-]. The molecule has 0 aliphatic carbocycles. The largest absolute Gasteiger partial charge is 0.544 e. The monoisotopic (exact) mass is 579 g/mol. The highest BCUT2D eigenvalue weighted by molar-refractivity contribution is 9.10. The predicted octanol–water partition coefficient (Wildman–Crippen LogP) is 2.86. The highest BCUT2D eigenvalue weighted by atomic mass is 79.9. The molecule has 2 aromatic carbocycles. The van der Waals surface area contributed by atoms with Crippen molar-refractivity contribution in [3.8, 4) is 5.75 Å². The summed E-state index contributed by atoms with van der Waals surface area (Å²) in [6, 6.07) is 11.3. The molecule has 3 atom stereocenters. The van der Waals surface area contributed by atoms with Gasteiger partial charge in [0.25, 0.3) is 0 Å². The fraction of sp³-hybridized carbons (Fsp3) is 0.519. The predicted molar refractivity (Wildman–Crippen MR) is 142 cm³/mol. The van der Waals surface area contributed by atoms with Gasteiger partial charge in [0.05, 0.1) is 26.7 Å². The lowest BCUT2D eigenvalue weighted by atomic mass is 10.1. The molecule has 7 nitrogen and oxygen atoms in total. The topological polar surface area (TPSA) is 82.6 Å². The van der Waals surface area contributed by atoms with Crippen LogP contribution in [0.15, 0.2) is 40.9 Å². The summed E-state index contributed by atoms with van der Waals surface area (Å²) in [5.41, 5.74) is 3.14. The number of likely N-dealkylation sites (N-methyl/N-ethyl adjacent to an activating group) is 1. The quantitative estimate of drug-likeness (QED) is 0.398. The van der Waals surface area contributed by atoms with E-state index in [1.807, 2.05) is 38.4 Å². The minimum Gasteiger partial charge on any atom is -0.544 e. The van der Waals surface area contributed by atoms with Crippen molar-refractivity contribution < 1.29 is 23.9 Å². The Morgan fingerprint density at radius 1 is 1.22 bits per heavy atom. The van der Waals surface area contributed by atoms with Crippen molar-refractivity contribution in [1.82, 2.24) is 10.6 Å². The molecule has 2 aromatic rings. The first-order valence-electron chi connectivity index (χ1n) is 12.5. The van der Waals surface area contributed by atoms with E-state index in [0.717, 1.165) is 53.1 Å². The lowest BCUT2D eigenvalue weighted by Gasteiger charge is -2.31. The fourth-order valence-electron chi connectivity index (χ4n) is 5.08. The number of quaternary nitrogens is 1. The van der Waals surface area contributed by atoms with Gasteiger partial charge >= 0.3 is 0 Å². The van der Waals surface area contributed by atoms with Gasteiger partial charge in [0.15, 0.2) is 0 Å². The van der Waals surface area contributed by atoms with E-state index < -0.39 is 12.0 Å². The first-order chi connectivity index (χ1) is 17.2. The van der Waals surface area contributed by atoms with E-state index in [1.165, 1.54) is 6.42 Å². The van der Waals surface area contributed by atoms with Gasteiger partial charge in [-0.15, -0.1) is 0 Å². The minimum atomic E-state index is -1.01. The summed E-state index contributed by atoms with van der Waals surface area (Å²) < 4.78 is 13.6. The van der Waals surface area contributed by atoms with E-state index in [2.05, 4.69) is 38.7 Å². The maximum Gasteiger partial charge on any atom is 0.132 e. The summed E-state index contributed by atoms with van der Waals surface area (Å²) in [4.78, 5) is 11.5. The molecule has 2 N–H and O–H groups in total. The van der Waals surface area contributed by atoms with Crippen LogP contribution in [0.2, 0.25) is 5.02 Å². The Hall–Kier alpha value is -1.68. The number of nitrogens with one attached hydrogen (secondary N) is 2. The number of rotatable bonds is 11. The molecule has 0 amide bonds. The number of nitrogens with zero attached hydrogens (tertiary/aromatic N) is 1. The number of carbonyl (C=O) groups is 1. The van der Waals surface area contributed by atoms with Crippen LogP contribution in [0.25, 0.3) is 0 Å². The van der Waals surface area contributed by atoms with E-state index in [-0.39, 0.29) is 6.10 Å². The average Bonchev–Trinajstić information content (AvgIpc) is 3.44. The molecule has 2 fully saturated rings. The van der Waals surface area contributed by atoms with Crippen molar-refractivity contribution in [2.75, 3.05) is 40.3 Å². The summed E-state index contributed by atoms with van der Waals surface area (Å²) in [6.45, 7) is 5.31. The van der Waals surface area contributed by atoms with Crippen LogP contribution in [-0.4, -0.2) is 62.9 Å². The molecule has 4 rings (SSSR count). The second kappa shape index (κ2) is 12.2. The zero-order valence-corrected chi connectivity index (χ0v) is 23.2. The van der Waals surface area contributed by atoms with Gasteiger partial charge in [-0.2, -0.15) is 0 Å². The minimum absolute atomic E-state index is 0.131. The first kappa shape index (κ1) is 27.4. The molecule has 0 spiro atoms. The summed E-state index contributed by atoms with van der Waals surface area (Å²) in [5, 5.41) is 19.2. The molecule has 0 radical (unpaired) electrons. The third-order valence-electron chi connectivity index (χ3n) is 7.12. The standard InChI is InChI=1S/C27H35BrClN3O4/c1-32(2)15-24(11-26(32)27(33)34)35-16-20-7-19(14-31-13-18-5-6-30-12-18)8-23(9-20)36-17-21-3-4-22(29)10-25(21)28/h3-4,7-10,18,24,26,30-31H,5-6,11-17H2,1-2H3. The van der Waals surface area contributed by atoms with Crippen molar-refractivity contribution in [2.24, 2.45) is 5.92 Å². The fourth-order valence-corrected chi connectivity index (χ4v) is 5.88. The number of hydrogen-bond donors (Lipinski definition) is 2. The number of benzene rings is 2. The van der Waals surface area contributed by atoms with Crippen LogP contribution < -0.4 is 20.5 Å². The zero-order chi connectivity index (χ0) is 25.7. The maximum atomic E-state index is 11.5. The Kier molecular flexibility index (Phi) is 9.30. The van der Waals surface area contributed by atoms with Crippen LogP contribution in [0.3, 0.4) is 0 Å². The molecule has 9 heteroatoms. The summed E-state index contributed by atoms with van der Waals surface area (Å²) in [5.74, 6) is 0.420. The zero-order valence-electron chi connectivity index (χ0n) is 20.9. The number of likely N-dealkylation sites (tertiary alicyclic amines) is 1. The first-order valence-corrected chi connectivity index (χ1v) is 13.6. The number of carboxylic acid groups (broad SMARTS) is 1. The van der Waals surface area contributed by atoms with Gasteiger partial charge in [0.1, 0.15) is 31.0 Å². The summed E-state index contributed by atoms with van der Waals surface area (Å²) in [6.07, 6.45) is 1.53. The Bertz CT molecular complexity index is 1060. The van der Waals surface area contributed by atoms with Crippen molar-refractivity contribution in [3.63, 3.8) is 0 Å². The normalized spacial score (nSPS) is 23.2. The van der Waals surface area contributed by atoms with Crippen LogP contribution in [0.4, 0.5) is 0 Å². The smallest absolute Gasteiger partial charge is 0.132 e. The van der Waals surface area contributed by atoms with Crippen LogP contribution in [0.1, 0.15) is 29.5 Å². The van der Waals surface area contributed by atoms with E-state index in [0.29, 0.717) is 41.6 Å². The van der Waals surface area contributed by atoms with E-state index in [1.54, 1.807) is 0 Å². The van der Waals surface area contributed by atoms with Crippen LogP contribution in [0, 0.1) is 5.92 Å². The molecule has 0 aromatic heterocycles. The van der Waals surface area contributed by atoms with Crippen molar-refractivity contribution in [3.05, 3.63) is 62.6 Å². The molecule has 3 unspecified atom stereocenters. The van der Waals surface area contributed by atoms with E-state index >= 15 is 0 Å². The Morgan fingerprint density at radius 2 is 2.03 bits per heavy atom. The lowest BCUT2D eigenvalue weighted by Crippen LogP contribution is -2.53. The van der Waals surface area contributed by atoms with Gasteiger partial charge in [0, 0.05) is 28.0 Å². The molecule has 2 heterocycles. The Balaban J connectivity index is 1.42. The second-order valence-corrected chi connectivity index (χ2v) is 11.8. The second-order valence-electron chi connectivity index (χ2n) is 10.5. The molecule has 0 bridgehead atoms. The molecule has 2 aliphatic rings. The van der Waals surface area contributed by atoms with Crippen molar-refractivity contribution in [1.29, 1.82) is 0 Å². The number of hydrogen-bond acceptors (Lipinski definition) is 6. The number of carbonyl (C=O) groups excluding carboxylic acids is 1. The van der Waals surface area contributed by atoms with Crippen LogP contribution >= 0.6 is 27.5 Å². The maximum absolute atomic E-state index is 11.5. The number of halogens is 2. The number of aliphatic carboxylic acids is 1. The van der Waals surface area contributed by atoms with Crippen LogP contribution in [0.5, 0.6) is 5.75 Å². The van der Waals surface area contributed by atoms with Gasteiger partial charge in [-0.25, -0.2) is 0 Å². The van der Waals surface area contributed by atoms with E-state index in [9.17, 15) is 9.90 Å². The molecular formula is C27H35BrClN3O4. The Morgan fingerprint density at radius 3 is 2.72 bits per heavy atom. The Labute approximate surface area is 226 Å². The molecule has 36 heavy (non-hydrogen) atoms. The molecule has 2 aliphatic heterocycles. The summed E-state index contributed by atoms with van der Waals surface area (Å²) in [7, 11) is 3.83. The third-order valence-corrected chi connectivity index (χ3v) is 8.10. The third kappa shape index (κ3) is 7.43. The highest BCUT2D eigenvalue weighted by Gasteiger charge is 2.42.